The fourth-order valence-corrected chi connectivity index (χ4v) is 2.57. The number of ether oxygens (including phenoxy) is 2. The molecule has 0 aromatic heterocycles. The van der Waals surface area contributed by atoms with Crippen molar-refractivity contribution in [3.8, 4) is 0 Å². The Balaban J connectivity index is 3.05. The van der Waals surface area contributed by atoms with Crippen LogP contribution in [0.15, 0.2) is 30.3 Å². The standard InChI is InChI=1S/C21H30N2O7/c1-5-29-18(26)14-23(13-15-9-7-6-8-10-15)19(27)16(11-12-17(24)25)22-20(28)30-21(2,3)4/h6-10,16H,5,11-14H2,1-4H3,(H,22,28)(H,24,25). The minimum absolute atomic E-state index is 0.0953. The van der Waals surface area contributed by atoms with Crippen molar-refractivity contribution in [3.05, 3.63) is 35.9 Å². The molecule has 9 heteroatoms. The lowest BCUT2D eigenvalue weighted by Gasteiger charge is -2.28. The molecule has 2 N–H and O–H groups in total. The first-order valence-electron chi connectivity index (χ1n) is 9.71. The maximum absolute atomic E-state index is 13.2. The zero-order valence-corrected chi connectivity index (χ0v) is 17.8. The van der Waals surface area contributed by atoms with E-state index in [9.17, 15) is 19.2 Å². The minimum Gasteiger partial charge on any atom is -0.481 e. The van der Waals surface area contributed by atoms with Crippen LogP contribution >= 0.6 is 0 Å². The van der Waals surface area contributed by atoms with Crippen molar-refractivity contribution in [1.82, 2.24) is 10.2 Å². The zero-order valence-electron chi connectivity index (χ0n) is 17.8. The third-order valence-electron chi connectivity index (χ3n) is 3.79. The molecule has 1 aromatic carbocycles. The van der Waals surface area contributed by atoms with Crippen LogP contribution in [0.5, 0.6) is 0 Å². The molecule has 0 bridgehead atoms. The second kappa shape index (κ2) is 11.8. The van der Waals surface area contributed by atoms with E-state index in [2.05, 4.69) is 5.32 Å². The van der Waals surface area contributed by atoms with Gasteiger partial charge in [-0.25, -0.2) is 4.79 Å². The normalized spacial score (nSPS) is 11.9. The van der Waals surface area contributed by atoms with Gasteiger partial charge in [0.15, 0.2) is 0 Å². The van der Waals surface area contributed by atoms with Crippen molar-refractivity contribution in [2.45, 2.75) is 58.7 Å². The SMILES string of the molecule is CCOC(=O)CN(Cc1ccccc1)C(=O)C(CCC(=O)O)NC(=O)OC(C)(C)C. The number of aliphatic carboxylic acids is 1. The highest BCUT2D eigenvalue weighted by atomic mass is 16.6. The van der Waals surface area contributed by atoms with Gasteiger partial charge in [0.05, 0.1) is 6.61 Å². The number of carboxylic acid groups (broad SMARTS) is 1. The Morgan fingerprint density at radius 3 is 2.30 bits per heavy atom. The lowest BCUT2D eigenvalue weighted by molar-refractivity contribution is -0.150. The summed E-state index contributed by atoms with van der Waals surface area (Å²) in [5.74, 6) is -2.31. The number of carboxylic acids is 1. The van der Waals surface area contributed by atoms with Gasteiger partial charge in [0.2, 0.25) is 5.91 Å². The van der Waals surface area contributed by atoms with Crippen LogP contribution in [0.1, 0.15) is 46.1 Å². The molecular weight excluding hydrogens is 392 g/mol. The van der Waals surface area contributed by atoms with Gasteiger partial charge in [0.1, 0.15) is 18.2 Å². The summed E-state index contributed by atoms with van der Waals surface area (Å²) in [4.78, 5) is 49.6. The van der Waals surface area contributed by atoms with Gasteiger partial charge >= 0.3 is 18.0 Å². The number of carbonyl (C=O) groups excluding carboxylic acids is 3. The average Bonchev–Trinajstić information content (AvgIpc) is 2.63. The number of carbonyl (C=O) groups is 4. The summed E-state index contributed by atoms with van der Waals surface area (Å²) in [5, 5.41) is 11.4. The summed E-state index contributed by atoms with van der Waals surface area (Å²) in [7, 11) is 0. The average molecular weight is 422 g/mol. The number of benzene rings is 1. The van der Waals surface area contributed by atoms with Crippen LogP contribution in [0.25, 0.3) is 0 Å². The van der Waals surface area contributed by atoms with Crippen LogP contribution in [0, 0.1) is 0 Å². The summed E-state index contributed by atoms with van der Waals surface area (Å²) in [6.45, 7) is 6.58. The largest absolute Gasteiger partial charge is 0.481 e. The Hall–Kier alpha value is -3.10. The van der Waals surface area contributed by atoms with E-state index < -0.39 is 35.6 Å². The Kier molecular flexibility index (Phi) is 9.80. The monoisotopic (exact) mass is 422 g/mol. The highest BCUT2D eigenvalue weighted by molar-refractivity contribution is 5.88. The van der Waals surface area contributed by atoms with E-state index in [1.54, 1.807) is 52.0 Å². The quantitative estimate of drug-likeness (QED) is 0.555. The van der Waals surface area contributed by atoms with E-state index in [4.69, 9.17) is 14.6 Å². The van der Waals surface area contributed by atoms with Crippen LogP contribution in [0.2, 0.25) is 0 Å². The van der Waals surface area contributed by atoms with Gasteiger partial charge in [0, 0.05) is 13.0 Å². The molecule has 0 fully saturated rings. The molecule has 166 valence electrons. The van der Waals surface area contributed by atoms with Crippen molar-refractivity contribution in [2.24, 2.45) is 0 Å². The number of amides is 2. The Morgan fingerprint density at radius 2 is 1.77 bits per heavy atom. The number of hydrogen-bond acceptors (Lipinski definition) is 6. The molecule has 0 aliphatic rings. The number of rotatable bonds is 10. The molecule has 0 aliphatic heterocycles. The molecule has 0 aliphatic carbocycles. The van der Waals surface area contributed by atoms with Crippen molar-refractivity contribution >= 4 is 23.9 Å². The van der Waals surface area contributed by atoms with E-state index >= 15 is 0 Å². The van der Waals surface area contributed by atoms with E-state index in [0.29, 0.717) is 0 Å². The second-order valence-electron chi connectivity index (χ2n) is 7.62. The van der Waals surface area contributed by atoms with E-state index in [0.717, 1.165) is 5.56 Å². The molecule has 0 saturated heterocycles. The van der Waals surface area contributed by atoms with E-state index in [1.165, 1.54) is 4.90 Å². The molecule has 2 amide bonds. The summed E-state index contributed by atoms with van der Waals surface area (Å²) in [6, 6.07) is 7.82. The van der Waals surface area contributed by atoms with Gasteiger partial charge in [-0.2, -0.15) is 0 Å². The Bertz CT molecular complexity index is 729. The fourth-order valence-electron chi connectivity index (χ4n) is 2.57. The number of esters is 1. The highest BCUT2D eigenvalue weighted by Gasteiger charge is 2.30. The Morgan fingerprint density at radius 1 is 1.13 bits per heavy atom. The molecule has 9 nitrogen and oxygen atoms in total. The summed E-state index contributed by atoms with van der Waals surface area (Å²) < 4.78 is 10.1. The van der Waals surface area contributed by atoms with Crippen molar-refractivity contribution in [2.75, 3.05) is 13.2 Å². The first kappa shape index (κ1) is 24.9. The van der Waals surface area contributed by atoms with Crippen LogP contribution in [0.3, 0.4) is 0 Å². The molecule has 1 aromatic rings. The molecule has 0 heterocycles. The van der Waals surface area contributed by atoms with E-state index in [-0.39, 0.29) is 32.5 Å². The molecule has 30 heavy (non-hydrogen) atoms. The zero-order chi connectivity index (χ0) is 22.7. The molecule has 0 saturated carbocycles. The first-order valence-corrected chi connectivity index (χ1v) is 9.71. The summed E-state index contributed by atoms with van der Waals surface area (Å²) >= 11 is 0. The van der Waals surface area contributed by atoms with Gasteiger partial charge in [-0.3, -0.25) is 14.4 Å². The van der Waals surface area contributed by atoms with Gasteiger partial charge < -0.3 is 24.8 Å². The van der Waals surface area contributed by atoms with Crippen molar-refractivity contribution in [1.29, 1.82) is 0 Å². The number of nitrogens with zero attached hydrogens (tertiary/aromatic N) is 1. The van der Waals surface area contributed by atoms with Gasteiger partial charge in [-0.15, -0.1) is 0 Å². The smallest absolute Gasteiger partial charge is 0.408 e. The molecular formula is C21H30N2O7. The van der Waals surface area contributed by atoms with Crippen LogP contribution in [0.4, 0.5) is 4.79 Å². The lowest BCUT2D eigenvalue weighted by atomic mass is 10.1. The van der Waals surface area contributed by atoms with Gasteiger partial charge in [0.25, 0.3) is 0 Å². The third-order valence-corrected chi connectivity index (χ3v) is 3.79. The maximum Gasteiger partial charge on any atom is 0.408 e. The van der Waals surface area contributed by atoms with Gasteiger partial charge in [-0.05, 0) is 39.7 Å². The number of nitrogens with one attached hydrogen (secondary N) is 1. The topological polar surface area (TPSA) is 122 Å². The highest BCUT2D eigenvalue weighted by Crippen LogP contribution is 2.12. The predicted molar refractivity (Wildman–Crippen MR) is 109 cm³/mol. The Labute approximate surface area is 176 Å². The van der Waals surface area contributed by atoms with Crippen LogP contribution < -0.4 is 5.32 Å². The molecule has 1 atom stereocenters. The predicted octanol–water partition coefficient (Wildman–Crippen LogP) is 2.34. The molecule has 1 rings (SSSR count). The maximum atomic E-state index is 13.2. The van der Waals surface area contributed by atoms with Crippen LogP contribution in [-0.4, -0.2) is 58.7 Å². The number of hydrogen-bond donors (Lipinski definition) is 2. The number of alkyl carbamates (subject to hydrolysis) is 1. The second-order valence-corrected chi connectivity index (χ2v) is 7.62. The molecule has 0 radical (unpaired) electrons. The van der Waals surface area contributed by atoms with E-state index in [1.807, 2.05) is 6.07 Å². The first-order chi connectivity index (χ1) is 14.0. The fraction of sp³-hybridized carbons (Fsp3) is 0.524. The molecule has 1 unspecified atom stereocenters. The van der Waals surface area contributed by atoms with Gasteiger partial charge in [-0.1, -0.05) is 30.3 Å². The molecule has 0 spiro atoms. The van der Waals surface area contributed by atoms with Crippen LogP contribution in [-0.2, 0) is 30.4 Å². The third kappa shape index (κ3) is 9.90. The minimum atomic E-state index is -1.17. The van der Waals surface area contributed by atoms with Crippen molar-refractivity contribution in [3.63, 3.8) is 0 Å². The summed E-state index contributed by atoms with van der Waals surface area (Å²) in [6.07, 6.45) is -1.34. The van der Waals surface area contributed by atoms with Crippen molar-refractivity contribution < 1.29 is 33.8 Å². The lowest BCUT2D eigenvalue weighted by Crippen LogP contribution is -2.51. The summed E-state index contributed by atoms with van der Waals surface area (Å²) in [5.41, 5.74) is -0.0246.